The summed E-state index contributed by atoms with van der Waals surface area (Å²) in [6.45, 7) is 5.26. The van der Waals surface area contributed by atoms with Gasteiger partial charge in [0.25, 0.3) is 10.0 Å². The molecule has 7 nitrogen and oxygen atoms in total. The number of aromatic amines is 1. The van der Waals surface area contributed by atoms with Gasteiger partial charge in [-0.15, -0.1) is 11.3 Å². The molecule has 1 aliphatic heterocycles. The lowest BCUT2D eigenvalue weighted by Gasteiger charge is -2.33. The van der Waals surface area contributed by atoms with E-state index in [-0.39, 0.29) is 5.91 Å². The molecule has 1 saturated heterocycles. The van der Waals surface area contributed by atoms with E-state index in [0.717, 1.165) is 17.0 Å². The normalized spacial score (nSPS) is 16.5. The van der Waals surface area contributed by atoms with E-state index >= 15 is 0 Å². The number of piperazine rings is 1. The van der Waals surface area contributed by atoms with Gasteiger partial charge in [-0.05, 0) is 25.3 Å². The molecule has 0 aromatic carbocycles. The molecular weight excluding hydrogens is 348 g/mol. The summed E-state index contributed by atoms with van der Waals surface area (Å²) >= 11 is 1.22. The maximum absolute atomic E-state index is 12.5. The minimum absolute atomic E-state index is 0.00997. The van der Waals surface area contributed by atoms with Crippen molar-refractivity contribution in [1.82, 2.24) is 19.4 Å². The number of H-pyrrole nitrogens is 1. The maximum atomic E-state index is 12.5. The Morgan fingerprint density at radius 3 is 2.54 bits per heavy atom. The smallest absolute Gasteiger partial charge is 0.252 e. The van der Waals surface area contributed by atoms with Gasteiger partial charge in [0.05, 0.1) is 12.1 Å². The van der Waals surface area contributed by atoms with Crippen LogP contribution in [0.3, 0.4) is 0 Å². The number of aromatic nitrogens is 2. The third-order valence-electron chi connectivity index (χ3n) is 4.29. The molecule has 1 N–H and O–H groups in total. The molecule has 1 amide bonds. The number of nitrogens with one attached hydrogen (secondary N) is 1. The summed E-state index contributed by atoms with van der Waals surface area (Å²) in [5.74, 6) is 0.00997. The summed E-state index contributed by atoms with van der Waals surface area (Å²) in [7, 11) is -3.43. The van der Waals surface area contributed by atoms with Crippen LogP contribution in [-0.4, -0.2) is 59.9 Å². The van der Waals surface area contributed by atoms with Crippen LogP contribution in [0.5, 0.6) is 0 Å². The average molecular weight is 368 g/mol. The highest BCUT2D eigenvalue weighted by Crippen LogP contribution is 2.22. The molecule has 0 spiro atoms. The second-order valence-corrected chi connectivity index (χ2v) is 8.92. The third-order valence-corrected chi connectivity index (χ3v) is 7.56. The van der Waals surface area contributed by atoms with Gasteiger partial charge in [-0.2, -0.15) is 9.40 Å². The molecule has 9 heteroatoms. The van der Waals surface area contributed by atoms with Crippen LogP contribution in [0.25, 0.3) is 0 Å². The molecule has 130 valence electrons. The van der Waals surface area contributed by atoms with E-state index < -0.39 is 10.0 Å². The first kappa shape index (κ1) is 17.1. The highest BCUT2D eigenvalue weighted by molar-refractivity contribution is 7.91. The number of hydrogen-bond donors (Lipinski definition) is 1. The van der Waals surface area contributed by atoms with Crippen molar-refractivity contribution < 1.29 is 13.2 Å². The Kier molecular flexibility index (Phi) is 4.75. The van der Waals surface area contributed by atoms with Crippen LogP contribution in [0.2, 0.25) is 0 Å². The van der Waals surface area contributed by atoms with E-state index in [2.05, 4.69) is 10.2 Å². The van der Waals surface area contributed by atoms with Crippen molar-refractivity contribution >= 4 is 27.3 Å². The molecule has 0 atom stereocenters. The number of thiophene rings is 1. The predicted octanol–water partition coefficient (Wildman–Crippen LogP) is 1.16. The molecule has 2 aromatic heterocycles. The van der Waals surface area contributed by atoms with Gasteiger partial charge in [-0.25, -0.2) is 8.42 Å². The minimum Gasteiger partial charge on any atom is -0.340 e. The number of carbonyl (C=O) groups excluding carboxylic acids is 1. The first-order valence-electron chi connectivity index (χ1n) is 7.71. The maximum Gasteiger partial charge on any atom is 0.252 e. The van der Waals surface area contributed by atoms with Gasteiger partial charge in [0, 0.05) is 37.4 Å². The Balaban J connectivity index is 1.62. The largest absolute Gasteiger partial charge is 0.340 e. The van der Waals surface area contributed by atoms with Gasteiger partial charge in [0.1, 0.15) is 4.21 Å². The van der Waals surface area contributed by atoms with Crippen LogP contribution in [0.4, 0.5) is 0 Å². The zero-order valence-electron chi connectivity index (χ0n) is 13.7. The number of rotatable bonds is 4. The molecule has 0 radical (unpaired) electrons. The monoisotopic (exact) mass is 368 g/mol. The van der Waals surface area contributed by atoms with Crippen LogP contribution in [0, 0.1) is 13.8 Å². The molecule has 3 heterocycles. The fourth-order valence-electron chi connectivity index (χ4n) is 2.81. The standard InChI is InChI=1S/C15H20N4O3S2/c1-11-13(12(2)17-16-11)10-14(20)18-5-7-19(8-6-18)24(21,22)15-4-3-9-23-15/h3-4,9H,5-8,10H2,1-2H3,(H,16,17). The average Bonchev–Trinajstić information content (AvgIpc) is 3.21. The van der Waals surface area contributed by atoms with E-state index in [1.165, 1.54) is 15.6 Å². The Morgan fingerprint density at radius 2 is 2.00 bits per heavy atom. The van der Waals surface area contributed by atoms with Gasteiger partial charge in [-0.3, -0.25) is 9.89 Å². The lowest BCUT2D eigenvalue weighted by molar-refractivity contribution is -0.131. The Labute approximate surface area is 145 Å². The molecule has 1 aliphatic rings. The van der Waals surface area contributed by atoms with Crippen LogP contribution in [0.15, 0.2) is 21.7 Å². The van der Waals surface area contributed by atoms with Gasteiger partial charge in [0.15, 0.2) is 0 Å². The molecule has 1 fully saturated rings. The number of nitrogens with zero attached hydrogens (tertiary/aromatic N) is 3. The second kappa shape index (κ2) is 6.66. The van der Waals surface area contributed by atoms with E-state index in [9.17, 15) is 13.2 Å². The first-order valence-corrected chi connectivity index (χ1v) is 10.0. The van der Waals surface area contributed by atoms with E-state index in [4.69, 9.17) is 0 Å². The van der Waals surface area contributed by atoms with Crippen molar-refractivity contribution in [2.45, 2.75) is 24.5 Å². The summed E-state index contributed by atoms with van der Waals surface area (Å²) < 4.78 is 26.8. The van der Waals surface area contributed by atoms with Crippen LogP contribution in [0.1, 0.15) is 17.0 Å². The first-order chi connectivity index (χ1) is 11.4. The minimum atomic E-state index is -3.43. The van der Waals surface area contributed by atoms with Crippen molar-refractivity contribution in [3.63, 3.8) is 0 Å². The van der Waals surface area contributed by atoms with E-state index in [0.29, 0.717) is 36.8 Å². The number of aryl methyl sites for hydroxylation is 2. The summed E-state index contributed by atoms with van der Waals surface area (Å²) in [4.78, 5) is 14.2. The molecule has 0 bridgehead atoms. The Hall–Kier alpha value is -1.71. The highest BCUT2D eigenvalue weighted by atomic mass is 32.2. The number of sulfonamides is 1. The predicted molar refractivity (Wildman–Crippen MR) is 91.4 cm³/mol. The van der Waals surface area contributed by atoms with Crippen LogP contribution < -0.4 is 0 Å². The SMILES string of the molecule is Cc1n[nH]c(C)c1CC(=O)N1CCN(S(=O)(=O)c2cccs2)CC1. The summed E-state index contributed by atoms with van der Waals surface area (Å²) in [5.41, 5.74) is 2.66. The number of carbonyl (C=O) groups is 1. The summed E-state index contributed by atoms with van der Waals surface area (Å²) in [6, 6.07) is 3.34. The Bertz CT molecular complexity index is 800. The molecule has 0 unspecified atom stereocenters. The molecule has 2 aromatic rings. The summed E-state index contributed by atoms with van der Waals surface area (Å²) in [5, 5.41) is 8.74. The number of amides is 1. The van der Waals surface area contributed by atoms with Crippen LogP contribution in [-0.2, 0) is 21.2 Å². The second-order valence-electron chi connectivity index (χ2n) is 5.81. The van der Waals surface area contributed by atoms with Gasteiger partial charge in [-0.1, -0.05) is 6.07 Å². The lowest BCUT2D eigenvalue weighted by Crippen LogP contribution is -2.50. The fraction of sp³-hybridized carbons (Fsp3) is 0.467. The van der Waals surface area contributed by atoms with E-state index in [1.807, 2.05) is 13.8 Å². The van der Waals surface area contributed by atoms with Gasteiger partial charge >= 0.3 is 0 Å². The zero-order valence-corrected chi connectivity index (χ0v) is 15.3. The fourth-order valence-corrected chi connectivity index (χ4v) is 5.38. The van der Waals surface area contributed by atoms with Crippen molar-refractivity contribution in [2.75, 3.05) is 26.2 Å². The van der Waals surface area contributed by atoms with Crippen molar-refractivity contribution in [3.8, 4) is 0 Å². The summed E-state index contributed by atoms with van der Waals surface area (Å²) in [6.07, 6.45) is 0.297. The van der Waals surface area contributed by atoms with E-state index in [1.54, 1.807) is 22.4 Å². The molecule has 0 aliphatic carbocycles. The lowest BCUT2D eigenvalue weighted by atomic mass is 10.1. The molecular formula is C15H20N4O3S2. The van der Waals surface area contributed by atoms with Gasteiger partial charge in [0.2, 0.25) is 5.91 Å². The molecule has 3 rings (SSSR count). The van der Waals surface area contributed by atoms with Crippen molar-refractivity contribution in [2.24, 2.45) is 0 Å². The van der Waals surface area contributed by atoms with Crippen molar-refractivity contribution in [1.29, 1.82) is 0 Å². The zero-order chi connectivity index (χ0) is 17.3. The topological polar surface area (TPSA) is 86.4 Å². The van der Waals surface area contributed by atoms with Gasteiger partial charge < -0.3 is 4.90 Å². The highest BCUT2D eigenvalue weighted by Gasteiger charge is 2.30. The number of hydrogen-bond acceptors (Lipinski definition) is 5. The Morgan fingerprint density at radius 1 is 1.29 bits per heavy atom. The van der Waals surface area contributed by atoms with Crippen LogP contribution >= 0.6 is 11.3 Å². The quantitative estimate of drug-likeness (QED) is 0.877. The molecule has 24 heavy (non-hydrogen) atoms. The molecule has 0 saturated carbocycles. The third kappa shape index (κ3) is 3.24. The van der Waals surface area contributed by atoms with Crippen molar-refractivity contribution in [3.05, 3.63) is 34.5 Å².